The second-order valence-corrected chi connectivity index (χ2v) is 4.52. The maximum Gasteiger partial charge on any atom is 0.329 e. The van der Waals surface area contributed by atoms with Gasteiger partial charge in [-0.05, 0) is 18.2 Å². The van der Waals surface area contributed by atoms with Crippen molar-refractivity contribution in [2.24, 2.45) is 5.10 Å². The second-order valence-electron chi connectivity index (χ2n) is 4.52. The third-order valence-corrected chi connectivity index (χ3v) is 2.87. The molecule has 24 heavy (non-hydrogen) atoms. The van der Waals surface area contributed by atoms with Gasteiger partial charge in [-0.1, -0.05) is 18.2 Å². The molecule has 0 atom stereocenters. The summed E-state index contributed by atoms with van der Waals surface area (Å²) in [6.45, 7) is 0.0982. The highest BCUT2D eigenvalue weighted by atomic mass is 16.6. The van der Waals surface area contributed by atoms with Crippen molar-refractivity contribution in [1.29, 1.82) is 0 Å². The first kappa shape index (κ1) is 16.7. The fourth-order valence-corrected chi connectivity index (χ4v) is 1.73. The molecule has 2 amide bonds. The van der Waals surface area contributed by atoms with Gasteiger partial charge >= 0.3 is 11.8 Å². The number of carbonyl (C=O) groups excluding carboxylic acids is 2. The lowest BCUT2D eigenvalue weighted by atomic mass is 10.2. The van der Waals surface area contributed by atoms with E-state index < -0.39 is 16.7 Å². The van der Waals surface area contributed by atoms with E-state index in [9.17, 15) is 19.7 Å². The molecule has 0 aliphatic heterocycles. The van der Waals surface area contributed by atoms with Crippen LogP contribution >= 0.6 is 0 Å². The highest BCUT2D eigenvalue weighted by molar-refractivity contribution is 6.35. The van der Waals surface area contributed by atoms with E-state index in [1.807, 2.05) is 5.43 Å². The van der Waals surface area contributed by atoms with E-state index in [4.69, 9.17) is 0 Å². The molecular formula is C15H13N5O4. The van der Waals surface area contributed by atoms with E-state index >= 15 is 0 Å². The van der Waals surface area contributed by atoms with Crippen LogP contribution in [0.15, 0.2) is 53.8 Å². The van der Waals surface area contributed by atoms with Gasteiger partial charge in [0.15, 0.2) is 0 Å². The number of rotatable bonds is 5. The Morgan fingerprint density at radius 1 is 1.17 bits per heavy atom. The fraction of sp³-hybridized carbons (Fsp3) is 0.0667. The summed E-state index contributed by atoms with van der Waals surface area (Å²) < 4.78 is 0. The minimum absolute atomic E-state index is 0.0982. The summed E-state index contributed by atoms with van der Waals surface area (Å²) in [6, 6.07) is 11.1. The normalized spacial score (nSPS) is 10.3. The first-order valence-electron chi connectivity index (χ1n) is 6.82. The van der Waals surface area contributed by atoms with Crippen molar-refractivity contribution in [3.63, 3.8) is 0 Å². The number of carbonyl (C=O) groups is 2. The Morgan fingerprint density at radius 3 is 2.62 bits per heavy atom. The van der Waals surface area contributed by atoms with Crippen LogP contribution in [0.25, 0.3) is 0 Å². The van der Waals surface area contributed by atoms with Gasteiger partial charge in [0.1, 0.15) is 0 Å². The molecule has 0 radical (unpaired) electrons. The Labute approximate surface area is 136 Å². The third kappa shape index (κ3) is 4.70. The van der Waals surface area contributed by atoms with Crippen molar-refractivity contribution in [3.8, 4) is 0 Å². The van der Waals surface area contributed by atoms with Gasteiger partial charge in [0, 0.05) is 12.3 Å². The van der Waals surface area contributed by atoms with Crippen LogP contribution in [0.4, 0.5) is 5.69 Å². The average Bonchev–Trinajstić information content (AvgIpc) is 2.60. The Hall–Kier alpha value is -3.62. The molecule has 9 nitrogen and oxygen atoms in total. The van der Waals surface area contributed by atoms with Crippen molar-refractivity contribution in [1.82, 2.24) is 15.7 Å². The summed E-state index contributed by atoms with van der Waals surface area (Å²) in [5, 5.41) is 16.8. The van der Waals surface area contributed by atoms with Crippen molar-refractivity contribution in [2.45, 2.75) is 6.54 Å². The van der Waals surface area contributed by atoms with Gasteiger partial charge in [0.25, 0.3) is 5.69 Å². The van der Waals surface area contributed by atoms with Crippen molar-refractivity contribution in [3.05, 3.63) is 70.0 Å². The van der Waals surface area contributed by atoms with Crippen molar-refractivity contribution in [2.75, 3.05) is 0 Å². The van der Waals surface area contributed by atoms with Crippen LogP contribution in [0.2, 0.25) is 0 Å². The molecule has 0 saturated heterocycles. The zero-order chi connectivity index (χ0) is 17.4. The zero-order valence-electron chi connectivity index (χ0n) is 12.4. The summed E-state index contributed by atoms with van der Waals surface area (Å²) in [5.41, 5.74) is 2.66. The number of para-hydroxylation sites is 1. The summed E-state index contributed by atoms with van der Waals surface area (Å²) in [7, 11) is 0. The standard InChI is InChI=1S/C15H13N5O4/c21-14(17-10-12-6-3-4-8-16-12)15(22)19-18-9-11-5-1-2-7-13(11)20(23)24/h1-9H,10H2,(H,17,21)(H,19,22). The number of benzene rings is 1. The molecule has 1 aromatic carbocycles. The molecule has 2 aromatic rings. The number of amides is 2. The highest BCUT2D eigenvalue weighted by Crippen LogP contribution is 2.14. The average molecular weight is 327 g/mol. The number of nitrogens with zero attached hydrogens (tertiary/aromatic N) is 3. The molecule has 0 spiro atoms. The molecular weight excluding hydrogens is 314 g/mol. The van der Waals surface area contributed by atoms with Crippen LogP contribution in [0.3, 0.4) is 0 Å². The van der Waals surface area contributed by atoms with E-state index in [0.29, 0.717) is 5.69 Å². The van der Waals surface area contributed by atoms with Crippen LogP contribution < -0.4 is 10.7 Å². The molecule has 0 aliphatic carbocycles. The Balaban J connectivity index is 1.88. The first-order chi connectivity index (χ1) is 11.6. The van der Waals surface area contributed by atoms with Crippen LogP contribution in [0.1, 0.15) is 11.3 Å². The largest absolute Gasteiger partial charge is 0.342 e. The predicted octanol–water partition coefficient (Wildman–Crippen LogP) is 0.756. The summed E-state index contributed by atoms with van der Waals surface area (Å²) in [4.78, 5) is 37.4. The number of hydrazone groups is 1. The van der Waals surface area contributed by atoms with Gasteiger partial charge in [0.05, 0.1) is 28.9 Å². The lowest BCUT2D eigenvalue weighted by molar-refractivity contribution is -0.385. The van der Waals surface area contributed by atoms with Crippen LogP contribution in [-0.2, 0) is 16.1 Å². The smallest absolute Gasteiger partial charge is 0.329 e. The van der Waals surface area contributed by atoms with Gasteiger partial charge in [-0.3, -0.25) is 24.7 Å². The first-order valence-corrected chi connectivity index (χ1v) is 6.82. The van der Waals surface area contributed by atoms with Crippen LogP contribution in [0.5, 0.6) is 0 Å². The molecule has 0 saturated carbocycles. The number of nitro groups is 1. The molecule has 0 bridgehead atoms. The number of hydrogen-bond donors (Lipinski definition) is 2. The minimum atomic E-state index is -0.985. The highest BCUT2D eigenvalue weighted by Gasteiger charge is 2.13. The monoisotopic (exact) mass is 327 g/mol. The number of aromatic nitrogens is 1. The maximum absolute atomic E-state index is 11.6. The van der Waals surface area contributed by atoms with Gasteiger partial charge in [-0.15, -0.1) is 0 Å². The van der Waals surface area contributed by atoms with E-state index in [1.54, 1.807) is 30.5 Å². The minimum Gasteiger partial charge on any atom is -0.342 e. The molecule has 122 valence electrons. The van der Waals surface area contributed by atoms with Gasteiger partial charge in [-0.2, -0.15) is 5.10 Å². The van der Waals surface area contributed by atoms with Gasteiger partial charge in [0.2, 0.25) is 0 Å². The van der Waals surface area contributed by atoms with Crippen LogP contribution in [0, 0.1) is 10.1 Å². The molecule has 0 fully saturated rings. The SMILES string of the molecule is O=C(NCc1ccccn1)C(=O)NN=Cc1ccccc1[N+](=O)[O-]. The molecule has 1 aromatic heterocycles. The molecule has 2 rings (SSSR count). The van der Waals surface area contributed by atoms with Crippen molar-refractivity contribution >= 4 is 23.7 Å². The number of nitro benzene ring substituents is 1. The number of hydrogen-bond acceptors (Lipinski definition) is 6. The predicted molar refractivity (Wildman–Crippen MR) is 84.9 cm³/mol. The van der Waals surface area contributed by atoms with E-state index in [-0.39, 0.29) is 17.8 Å². The van der Waals surface area contributed by atoms with Gasteiger partial charge < -0.3 is 5.32 Å². The van der Waals surface area contributed by atoms with E-state index in [1.165, 1.54) is 18.2 Å². The van der Waals surface area contributed by atoms with Gasteiger partial charge in [-0.25, -0.2) is 5.43 Å². The topological polar surface area (TPSA) is 127 Å². The molecule has 0 unspecified atom stereocenters. The lowest BCUT2D eigenvalue weighted by Crippen LogP contribution is -2.37. The van der Waals surface area contributed by atoms with E-state index in [2.05, 4.69) is 15.4 Å². The Bertz CT molecular complexity index is 776. The number of nitrogens with one attached hydrogen (secondary N) is 2. The van der Waals surface area contributed by atoms with Crippen LogP contribution in [-0.4, -0.2) is 27.9 Å². The second kappa shape index (κ2) is 8.13. The maximum atomic E-state index is 11.6. The Kier molecular flexibility index (Phi) is 5.67. The molecule has 0 aliphatic rings. The Morgan fingerprint density at radius 2 is 1.92 bits per heavy atom. The third-order valence-electron chi connectivity index (χ3n) is 2.87. The lowest BCUT2D eigenvalue weighted by Gasteiger charge is -2.03. The summed E-state index contributed by atoms with van der Waals surface area (Å²) in [5.74, 6) is -1.87. The molecule has 9 heteroatoms. The molecule has 2 N–H and O–H groups in total. The fourth-order valence-electron chi connectivity index (χ4n) is 1.73. The zero-order valence-corrected chi connectivity index (χ0v) is 12.4. The summed E-state index contributed by atoms with van der Waals surface area (Å²) >= 11 is 0. The summed E-state index contributed by atoms with van der Waals surface area (Å²) in [6.07, 6.45) is 2.67. The quantitative estimate of drug-likeness (QED) is 0.363. The number of pyridine rings is 1. The van der Waals surface area contributed by atoms with Crippen molar-refractivity contribution < 1.29 is 14.5 Å². The van der Waals surface area contributed by atoms with E-state index in [0.717, 1.165) is 6.21 Å². The molecule has 1 heterocycles.